The van der Waals surface area contributed by atoms with Crippen molar-refractivity contribution in [2.45, 2.75) is 11.4 Å². The van der Waals surface area contributed by atoms with Crippen LogP contribution in [0.15, 0.2) is 59.5 Å². The molecule has 128 valence electrons. The maximum atomic E-state index is 12.9. The summed E-state index contributed by atoms with van der Waals surface area (Å²) in [6.07, 6.45) is 0. The van der Waals surface area contributed by atoms with E-state index in [1.54, 1.807) is 23.9 Å². The van der Waals surface area contributed by atoms with Crippen LogP contribution < -0.4 is 5.32 Å². The Bertz CT molecular complexity index is 823. The Kier molecular flexibility index (Phi) is 5.73. The normalized spacial score (nSPS) is 10.6. The minimum atomic E-state index is -0.330. The number of nitrogens with zero attached hydrogens (tertiary/aromatic N) is 4. The molecule has 0 spiro atoms. The molecule has 2 aromatic carbocycles. The predicted octanol–water partition coefficient (Wildman–Crippen LogP) is 2.39. The Morgan fingerprint density at radius 1 is 1.12 bits per heavy atom. The average molecular weight is 357 g/mol. The highest BCUT2D eigenvalue weighted by molar-refractivity contribution is 7.99. The first-order chi connectivity index (χ1) is 12.2. The zero-order chi connectivity index (χ0) is 17.5. The lowest BCUT2D eigenvalue weighted by Gasteiger charge is -2.04. The van der Waals surface area contributed by atoms with Crippen LogP contribution in [-0.2, 0) is 11.3 Å². The number of tetrazole rings is 1. The number of amides is 1. The highest BCUT2D eigenvalue weighted by Gasteiger charge is 2.09. The lowest BCUT2D eigenvalue weighted by molar-refractivity contribution is -0.121. The first kappa shape index (κ1) is 17.1. The average Bonchev–Trinajstić information content (AvgIpc) is 3.09. The van der Waals surface area contributed by atoms with Crippen molar-refractivity contribution in [3.8, 4) is 11.4 Å². The number of hydrogen-bond donors (Lipinski definition) is 1. The molecule has 6 nitrogen and oxygen atoms in total. The molecule has 0 saturated heterocycles. The van der Waals surface area contributed by atoms with Crippen LogP contribution in [0, 0.1) is 5.82 Å². The minimum absolute atomic E-state index is 0.00972. The fourth-order valence-electron chi connectivity index (χ4n) is 2.09. The smallest absolute Gasteiger partial charge is 0.243 e. The van der Waals surface area contributed by atoms with E-state index in [0.29, 0.717) is 17.9 Å². The van der Waals surface area contributed by atoms with E-state index in [-0.39, 0.29) is 18.3 Å². The second-order valence-corrected chi connectivity index (χ2v) is 6.33. The van der Waals surface area contributed by atoms with E-state index in [0.717, 1.165) is 5.75 Å². The van der Waals surface area contributed by atoms with Gasteiger partial charge < -0.3 is 5.32 Å². The molecule has 3 rings (SSSR count). The van der Waals surface area contributed by atoms with Gasteiger partial charge in [-0.05, 0) is 41.6 Å². The van der Waals surface area contributed by atoms with Crippen molar-refractivity contribution < 1.29 is 9.18 Å². The molecule has 1 aromatic heterocycles. The van der Waals surface area contributed by atoms with Crippen LogP contribution in [0.5, 0.6) is 0 Å². The number of carbonyl (C=O) groups is 1. The number of aromatic nitrogens is 4. The van der Waals surface area contributed by atoms with Crippen LogP contribution in [0.4, 0.5) is 4.39 Å². The number of nitrogens with one attached hydrogen (secondary N) is 1. The maximum Gasteiger partial charge on any atom is 0.243 e. The topological polar surface area (TPSA) is 72.7 Å². The van der Waals surface area contributed by atoms with Gasteiger partial charge in [0.15, 0.2) is 0 Å². The van der Waals surface area contributed by atoms with E-state index in [9.17, 15) is 9.18 Å². The van der Waals surface area contributed by atoms with Gasteiger partial charge >= 0.3 is 0 Å². The van der Waals surface area contributed by atoms with E-state index >= 15 is 0 Å². The van der Waals surface area contributed by atoms with E-state index in [2.05, 4.69) is 20.7 Å². The quantitative estimate of drug-likeness (QED) is 0.519. The standard InChI is InChI=1S/C17H16FN5OS/c18-14-8-6-13(7-9-14)17-20-22-23(21-17)12-16(24)19-10-11-25-15-4-2-1-3-5-15/h1-9H,10-12H2,(H,19,24). The van der Waals surface area contributed by atoms with E-state index in [1.165, 1.54) is 21.8 Å². The van der Waals surface area contributed by atoms with Gasteiger partial charge in [-0.25, -0.2) is 4.39 Å². The number of hydrogen-bond acceptors (Lipinski definition) is 5. The molecule has 0 aliphatic heterocycles. The van der Waals surface area contributed by atoms with Crippen LogP contribution >= 0.6 is 11.8 Å². The van der Waals surface area contributed by atoms with Crippen molar-refractivity contribution in [3.63, 3.8) is 0 Å². The molecule has 3 aromatic rings. The zero-order valence-corrected chi connectivity index (χ0v) is 14.1. The van der Waals surface area contributed by atoms with Gasteiger partial charge in [-0.15, -0.1) is 22.0 Å². The highest BCUT2D eigenvalue weighted by atomic mass is 32.2. The zero-order valence-electron chi connectivity index (χ0n) is 13.3. The molecular weight excluding hydrogens is 341 g/mol. The Labute approximate surface area is 148 Å². The van der Waals surface area contributed by atoms with Crippen molar-refractivity contribution in [2.75, 3.05) is 12.3 Å². The summed E-state index contributed by atoms with van der Waals surface area (Å²) in [5, 5.41) is 14.7. The number of carbonyl (C=O) groups excluding carboxylic acids is 1. The summed E-state index contributed by atoms with van der Waals surface area (Å²) in [7, 11) is 0. The van der Waals surface area contributed by atoms with Crippen molar-refractivity contribution in [1.29, 1.82) is 0 Å². The molecule has 0 atom stereocenters. The van der Waals surface area contributed by atoms with Crippen LogP contribution in [0.3, 0.4) is 0 Å². The summed E-state index contributed by atoms with van der Waals surface area (Å²) in [6, 6.07) is 15.8. The van der Waals surface area contributed by atoms with Crippen molar-refractivity contribution in [3.05, 3.63) is 60.4 Å². The summed E-state index contributed by atoms with van der Waals surface area (Å²) in [6.45, 7) is 0.544. The second-order valence-electron chi connectivity index (χ2n) is 5.16. The summed E-state index contributed by atoms with van der Waals surface area (Å²) >= 11 is 1.68. The number of rotatable bonds is 7. The molecule has 1 amide bonds. The highest BCUT2D eigenvalue weighted by Crippen LogP contribution is 2.16. The molecular formula is C17H16FN5OS. The Morgan fingerprint density at radius 3 is 2.64 bits per heavy atom. The summed E-state index contributed by atoms with van der Waals surface area (Å²) in [5.74, 6) is 0.620. The van der Waals surface area contributed by atoms with Gasteiger partial charge in [-0.3, -0.25) is 4.79 Å². The van der Waals surface area contributed by atoms with Crippen molar-refractivity contribution in [1.82, 2.24) is 25.5 Å². The van der Waals surface area contributed by atoms with E-state index < -0.39 is 0 Å². The van der Waals surface area contributed by atoms with Crippen LogP contribution in [0.1, 0.15) is 0 Å². The summed E-state index contributed by atoms with van der Waals surface area (Å²) < 4.78 is 12.9. The van der Waals surface area contributed by atoms with Gasteiger partial charge in [0.05, 0.1) is 0 Å². The van der Waals surface area contributed by atoms with Crippen LogP contribution in [-0.4, -0.2) is 38.4 Å². The predicted molar refractivity (Wildman–Crippen MR) is 93.4 cm³/mol. The van der Waals surface area contributed by atoms with Gasteiger partial charge in [0.25, 0.3) is 0 Å². The first-order valence-electron chi connectivity index (χ1n) is 7.69. The molecule has 8 heteroatoms. The SMILES string of the molecule is O=C(Cn1nnc(-c2ccc(F)cc2)n1)NCCSc1ccccc1. The Balaban J connectivity index is 1.44. The first-order valence-corrected chi connectivity index (χ1v) is 8.67. The molecule has 0 fully saturated rings. The van der Waals surface area contributed by atoms with Crippen LogP contribution in [0.25, 0.3) is 11.4 Å². The second kappa shape index (κ2) is 8.39. The molecule has 25 heavy (non-hydrogen) atoms. The fourth-order valence-corrected chi connectivity index (χ4v) is 2.87. The maximum absolute atomic E-state index is 12.9. The molecule has 0 radical (unpaired) electrons. The Hall–Kier alpha value is -2.74. The molecule has 1 N–H and O–H groups in total. The molecule has 0 saturated carbocycles. The molecule has 0 aliphatic rings. The third kappa shape index (κ3) is 5.12. The van der Waals surface area contributed by atoms with Gasteiger partial charge in [0, 0.05) is 22.8 Å². The molecule has 0 unspecified atom stereocenters. The van der Waals surface area contributed by atoms with Crippen LogP contribution in [0.2, 0.25) is 0 Å². The lowest BCUT2D eigenvalue weighted by atomic mass is 10.2. The van der Waals surface area contributed by atoms with E-state index in [1.807, 2.05) is 30.3 Å². The third-order valence-electron chi connectivity index (χ3n) is 3.28. The largest absolute Gasteiger partial charge is 0.354 e. The fraction of sp³-hybridized carbons (Fsp3) is 0.176. The molecule has 1 heterocycles. The summed E-state index contributed by atoms with van der Waals surface area (Å²) in [5.41, 5.74) is 0.646. The van der Waals surface area contributed by atoms with Crippen molar-refractivity contribution >= 4 is 17.7 Å². The van der Waals surface area contributed by atoms with Gasteiger partial charge in [0.1, 0.15) is 12.4 Å². The monoisotopic (exact) mass is 357 g/mol. The Morgan fingerprint density at radius 2 is 1.88 bits per heavy atom. The lowest BCUT2D eigenvalue weighted by Crippen LogP contribution is -2.30. The molecule has 0 aliphatic carbocycles. The summed E-state index contributed by atoms with van der Waals surface area (Å²) in [4.78, 5) is 14.3. The van der Waals surface area contributed by atoms with Crippen molar-refractivity contribution in [2.24, 2.45) is 0 Å². The number of benzene rings is 2. The van der Waals surface area contributed by atoms with Gasteiger partial charge in [-0.1, -0.05) is 18.2 Å². The third-order valence-corrected chi connectivity index (χ3v) is 4.29. The number of thioether (sulfide) groups is 1. The van der Waals surface area contributed by atoms with Gasteiger partial charge in [-0.2, -0.15) is 4.80 Å². The van der Waals surface area contributed by atoms with E-state index in [4.69, 9.17) is 0 Å². The minimum Gasteiger partial charge on any atom is -0.354 e. The molecule has 0 bridgehead atoms. The number of halogens is 1. The van der Waals surface area contributed by atoms with Gasteiger partial charge in [0.2, 0.25) is 11.7 Å².